The van der Waals surface area contributed by atoms with E-state index in [0.717, 1.165) is 89.2 Å². The fourth-order valence-corrected chi connectivity index (χ4v) is 9.49. The van der Waals surface area contributed by atoms with Crippen LogP contribution in [-0.2, 0) is 6.18 Å². The summed E-state index contributed by atoms with van der Waals surface area (Å²) < 4.78 is 46.3. The van der Waals surface area contributed by atoms with E-state index in [0.29, 0.717) is 39.1 Å². The van der Waals surface area contributed by atoms with Crippen LogP contribution in [0.15, 0.2) is 188 Å². The molecule has 0 bridgehead atoms. The molecule has 0 unspecified atom stereocenters. The van der Waals surface area contributed by atoms with Gasteiger partial charge in [0.1, 0.15) is 0 Å². The lowest BCUT2D eigenvalue weighted by Gasteiger charge is -2.20. The highest BCUT2D eigenvalue weighted by Crippen LogP contribution is 2.44. The molecule has 9 heteroatoms. The first-order chi connectivity index (χ1) is 33.1. The molecule has 0 aliphatic rings. The van der Waals surface area contributed by atoms with E-state index in [-0.39, 0.29) is 5.56 Å². The largest absolute Gasteiger partial charge is 0.416 e. The number of fused-ring (bicyclic) bond motifs is 6. The molecule has 11 rings (SSSR count). The Bertz CT molecular complexity index is 4050. The summed E-state index contributed by atoms with van der Waals surface area (Å²) in [7, 11) is 0. The monoisotopic (exact) mass is 880 g/mol. The maximum absolute atomic E-state index is 14.0. The zero-order valence-corrected chi connectivity index (χ0v) is 35.7. The van der Waals surface area contributed by atoms with E-state index in [1.165, 1.54) is 6.07 Å². The van der Waals surface area contributed by atoms with Crippen molar-refractivity contribution in [2.45, 2.75) is 6.18 Å². The van der Waals surface area contributed by atoms with Crippen molar-refractivity contribution in [1.82, 2.24) is 9.13 Å². The molecule has 0 aliphatic carbocycles. The number of hydrogen-bond donors (Lipinski definition) is 0. The highest BCUT2D eigenvalue weighted by Gasteiger charge is 2.31. The van der Waals surface area contributed by atoms with Crippen molar-refractivity contribution in [3.05, 3.63) is 216 Å². The van der Waals surface area contributed by atoms with E-state index in [2.05, 4.69) is 69.8 Å². The maximum Gasteiger partial charge on any atom is 0.416 e. The van der Waals surface area contributed by atoms with E-state index >= 15 is 0 Å². The molecule has 0 spiro atoms. The molecular formula is C59H31F3N6. The van der Waals surface area contributed by atoms with Gasteiger partial charge in [-0.15, -0.1) is 0 Å². The molecular weight excluding hydrogens is 850 g/mol. The Morgan fingerprint density at radius 1 is 0.338 bits per heavy atom. The molecule has 0 amide bonds. The van der Waals surface area contributed by atoms with Crippen molar-refractivity contribution < 1.29 is 13.2 Å². The van der Waals surface area contributed by atoms with Crippen molar-refractivity contribution in [3.63, 3.8) is 0 Å². The molecule has 0 saturated carbocycles. The van der Waals surface area contributed by atoms with E-state index in [1.54, 1.807) is 30.3 Å². The molecule has 9 aromatic carbocycles. The van der Waals surface area contributed by atoms with Crippen LogP contribution in [0.4, 0.5) is 13.2 Å². The van der Waals surface area contributed by atoms with Crippen LogP contribution in [0.2, 0.25) is 0 Å². The van der Waals surface area contributed by atoms with Crippen molar-refractivity contribution >= 4 is 43.6 Å². The summed E-state index contributed by atoms with van der Waals surface area (Å²) in [6, 6.07) is 66.8. The summed E-state index contributed by atoms with van der Waals surface area (Å²) >= 11 is 0. The van der Waals surface area contributed by atoms with Gasteiger partial charge in [0.05, 0.1) is 85.5 Å². The van der Waals surface area contributed by atoms with Gasteiger partial charge in [0.2, 0.25) is 0 Å². The number of halogens is 3. The van der Waals surface area contributed by atoms with Crippen molar-refractivity contribution in [3.8, 4) is 80.2 Å². The van der Waals surface area contributed by atoms with Gasteiger partial charge < -0.3 is 9.13 Å². The molecule has 11 aromatic rings. The second-order valence-corrected chi connectivity index (χ2v) is 16.5. The Balaban J connectivity index is 1.20. The standard InChI is InChI=1S/C59H31F3N6/c60-59(61,62)45-21-23-46(44(28-45)35-66)43-20-26-56(67-53-7-3-1-5-47(53)50-29-41(18-24-55(50)67)39-14-9-36(32-63)10-15-39)52(31-43)49-22-13-38(34-65)27-58(49)68-54-8-4-2-6-48(54)51-30-42(19-25-57(51)68)40-16-11-37(33-64)12-17-40/h1-31H. The van der Waals surface area contributed by atoms with Crippen molar-refractivity contribution in [2.24, 2.45) is 0 Å². The Morgan fingerprint density at radius 2 is 0.809 bits per heavy atom. The number of nitriles is 4. The third kappa shape index (κ3) is 6.79. The number of para-hydroxylation sites is 2. The number of aromatic nitrogens is 2. The van der Waals surface area contributed by atoms with E-state index in [9.17, 15) is 34.2 Å². The molecule has 0 fully saturated rings. The molecule has 0 atom stereocenters. The SMILES string of the molecule is N#Cc1ccc(-c2ccc3c(c2)c2ccccc2n3-c2ccc(-c3ccc(C(F)(F)F)cc3C#N)cc2-c2ccc(C#N)cc2-n2c3ccccc3c3cc(-c4ccc(C#N)cc4)ccc32)cc1. The molecule has 318 valence electrons. The zero-order valence-electron chi connectivity index (χ0n) is 35.7. The first kappa shape index (κ1) is 41.1. The summed E-state index contributed by atoms with van der Waals surface area (Å²) in [5, 5.41) is 43.5. The maximum atomic E-state index is 14.0. The van der Waals surface area contributed by atoms with Crippen LogP contribution in [0, 0.1) is 45.3 Å². The molecule has 0 N–H and O–H groups in total. The number of rotatable bonds is 6. The quantitative estimate of drug-likeness (QED) is 0.166. The van der Waals surface area contributed by atoms with Crippen LogP contribution in [0.1, 0.15) is 27.8 Å². The zero-order chi connectivity index (χ0) is 46.7. The minimum atomic E-state index is -4.64. The second kappa shape index (κ2) is 16.1. The van der Waals surface area contributed by atoms with Crippen LogP contribution in [0.25, 0.3) is 99.5 Å². The van der Waals surface area contributed by atoms with Gasteiger partial charge in [-0.3, -0.25) is 0 Å². The molecule has 0 aliphatic heterocycles. The van der Waals surface area contributed by atoms with Crippen LogP contribution >= 0.6 is 0 Å². The Hall–Kier alpha value is -9.67. The minimum Gasteiger partial charge on any atom is -0.309 e. The first-order valence-corrected chi connectivity index (χ1v) is 21.5. The fourth-order valence-electron chi connectivity index (χ4n) is 9.49. The molecule has 2 heterocycles. The van der Waals surface area contributed by atoms with Gasteiger partial charge in [0.15, 0.2) is 0 Å². The first-order valence-electron chi connectivity index (χ1n) is 21.5. The highest BCUT2D eigenvalue weighted by atomic mass is 19.4. The fraction of sp³-hybridized carbons (Fsp3) is 0.0169. The van der Waals surface area contributed by atoms with Crippen LogP contribution in [0.3, 0.4) is 0 Å². The number of hydrogen-bond acceptors (Lipinski definition) is 4. The van der Waals surface area contributed by atoms with Gasteiger partial charge in [0.25, 0.3) is 0 Å². The number of nitrogens with zero attached hydrogens (tertiary/aromatic N) is 6. The van der Waals surface area contributed by atoms with Crippen LogP contribution in [-0.4, -0.2) is 9.13 Å². The second-order valence-electron chi connectivity index (χ2n) is 16.5. The van der Waals surface area contributed by atoms with Gasteiger partial charge >= 0.3 is 6.18 Å². The Labute approximate surface area is 387 Å². The van der Waals surface area contributed by atoms with Gasteiger partial charge in [-0.2, -0.15) is 34.2 Å². The average Bonchev–Trinajstić information content (AvgIpc) is 3.90. The lowest BCUT2D eigenvalue weighted by molar-refractivity contribution is -0.137. The molecule has 6 nitrogen and oxygen atoms in total. The predicted molar refractivity (Wildman–Crippen MR) is 261 cm³/mol. The van der Waals surface area contributed by atoms with E-state index in [4.69, 9.17) is 0 Å². The van der Waals surface area contributed by atoms with Gasteiger partial charge in [-0.1, -0.05) is 91.0 Å². The highest BCUT2D eigenvalue weighted by molar-refractivity contribution is 6.13. The van der Waals surface area contributed by atoms with Gasteiger partial charge in [0, 0.05) is 32.7 Å². The molecule has 68 heavy (non-hydrogen) atoms. The Kier molecular flexibility index (Phi) is 9.72. The third-order valence-electron chi connectivity index (χ3n) is 12.7. The summed E-state index contributed by atoms with van der Waals surface area (Å²) in [5.41, 5.74) is 11.7. The average molecular weight is 881 g/mol. The van der Waals surface area contributed by atoms with Crippen LogP contribution < -0.4 is 0 Å². The topological polar surface area (TPSA) is 105 Å². The van der Waals surface area contributed by atoms with Gasteiger partial charge in [-0.05, 0) is 130 Å². The Morgan fingerprint density at radius 3 is 1.34 bits per heavy atom. The summed E-state index contributed by atoms with van der Waals surface area (Å²) in [5.74, 6) is 0. The molecule has 0 saturated heterocycles. The summed E-state index contributed by atoms with van der Waals surface area (Å²) in [4.78, 5) is 0. The predicted octanol–water partition coefficient (Wildman–Crippen LogP) is 15.1. The number of alkyl halides is 3. The number of benzene rings is 9. The van der Waals surface area contributed by atoms with Gasteiger partial charge in [-0.25, -0.2) is 0 Å². The smallest absolute Gasteiger partial charge is 0.309 e. The van der Waals surface area contributed by atoms with E-state index in [1.807, 2.05) is 103 Å². The minimum absolute atomic E-state index is 0.119. The van der Waals surface area contributed by atoms with Crippen LogP contribution in [0.5, 0.6) is 0 Å². The summed E-state index contributed by atoms with van der Waals surface area (Å²) in [6.45, 7) is 0. The normalized spacial score (nSPS) is 11.4. The third-order valence-corrected chi connectivity index (χ3v) is 12.7. The molecule has 2 aromatic heterocycles. The van der Waals surface area contributed by atoms with Crippen molar-refractivity contribution in [2.75, 3.05) is 0 Å². The van der Waals surface area contributed by atoms with E-state index < -0.39 is 11.7 Å². The van der Waals surface area contributed by atoms with Crippen molar-refractivity contribution in [1.29, 1.82) is 21.0 Å². The lowest BCUT2D eigenvalue weighted by Crippen LogP contribution is -2.05. The lowest BCUT2D eigenvalue weighted by atomic mass is 9.92. The molecule has 0 radical (unpaired) electrons. The summed E-state index contributed by atoms with van der Waals surface area (Å²) in [6.07, 6.45) is -4.64.